The van der Waals surface area contributed by atoms with E-state index in [1.807, 2.05) is 44.2 Å². The molecule has 2 aliphatic heterocycles. The second-order valence-electron chi connectivity index (χ2n) is 13.2. The van der Waals surface area contributed by atoms with Crippen LogP contribution in [0.2, 0.25) is 0 Å². The van der Waals surface area contributed by atoms with Crippen LogP contribution in [0.15, 0.2) is 59.5 Å². The van der Waals surface area contributed by atoms with Gasteiger partial charge in [0.15, 0.2) is 6.29 Å². The van der Waals surface area contributed by atoms with Gasteiger partial charge in [0, 0.05) is 30.8 Å². The average molecular weight is 624 g/mol. The molecule has 4 fully saturated rings. The number of ether oxygens (including phenoxy) is 3. The normalized spacial score (nSPS) is 28.0. The van der Waals surface area contributed by atoms with Crippen LogP contribution < -0.4 is 5.32 Å². The Hall–Kier alpha value is -3.01. The minimum absolute atomic E-state index is 0.0172. The van der Waals surface area contributed by atoms with Gasteiger partial charge >= 0.3 is 6.09 Å². The number of aliphatic hydroxyl groups is 1. The summed E-state index contributed by atoms with van der Waals surface area (Å²) in [5.74, 6) is 0.387. The fraction of sp³-hybridized carbons (Fsp3) is 0.576. The molecule has 0 spiro atoms. The minimum atomic E-state index is -3.99. The summed E-state index contributed by atoms with van der Waals surface area (Å²) in [5, 5.41) is 24.0. The van der Waals surface area contributed by atoms with Crippen LogP contribution in [0.5, 0.6) is 0 Å². The van der Waals surface area contributed by atoms with Crippen LogP contribution in [-0.2, 0) is 36.1 Å². The molecule has 236 valence electrons. The van der Waals surface area contributed by atoms with Gasteiger partial charge in [0.05, 0.1) is 41.7 Å². The maximum Gasteiger partial charge on any atom is 0.407 e. The van der Waals surface area contributed by atoms with Gasteiger partial charge in [-0.2, -0.15) is 9.57 Å². The summed E-state index contributed by atoms with van der Waals surface area (Å²) in [6, 6.07) is 17.5. The number of nitrogens with zero attached hydrogens (tertiary/aromatic N) is 2. The zero-order valence-corrected chi connectivity index (χ0v) is 26.0. The molecule has 7 atom stereocenters. The minimum Gasteiger partial charge on any atom is -0.445 e. The predicted octanol–water partition coefficient (Wildman–Crippen LogP) is 3.59. The summed E-state index contributed by atoms with van der Waals surface area (Å²) in [6.45, 7) is 4.75. The average Bonchev–Trinajstić information content (AvgIpc) is 3.63. The smallest absolute Gasteiger partial charge is 0.407 e. The SMILES string of the molecule is CC(C)CN(C[C@@H](O)[C@H](Cc1ccccc1)NC(=O)OC1C2COC3OCC1C3C2)S(=O)(=O)c1ccc(C2(C#N)CC2)cc1. The van der Waals surface area contributed by atoms with Crippen molar-refractivity contribution in [1.82, 2.24) is 9.62 Å². The Morgan fingerprint density at radius 2 is 1.80 bits per heavy atom. The number of carbonyl (C=O) groups is 1. The van der Waals surface area contributed by atoms with E-state index in [1.165, 1.54) is 16.4 Å². The lowest BCUT2D eigenvalue weighted by molar-refractivity contribution is -0.169. The molecule has 2 aromatic carbocycles. The quantitative estimate of drug-likeness (QED) is 0.366. The molecule has 2 saturated heterocycles. The first-order valence-electron chi connectivity index (χ1n) is 15.5. The Morgan fingerprint density at radius 3 is 2.45 bits per heavy atom. The highest BCUT2D eigenvalue weighted by atomic mass is 32.2. The number of benzene rings is 2. The first-order chi connectivity index (χ1) is 21.1. The van der Waals surface area contributed by atoms with Crippen molar-refractivity contribution in [2.45, 2.75) is 74.4 Å². The Labute approximate surface area is 259 Å². The van der Waals surface area contributed by atoms with Gasteiger partial charge in [0.1, 0.15) is 6.10 Å². The molecule has 2 N–H and O–H groups in total. The van der Waals surface area contributed by atoms with Crippen LogP contribution in [0, 0.1) is 35.0 Å². The number of nitrogens with one attached hydrogen (secondary N) is 1. The molecular formula is C33H41N3O7S. The van der Waals surface area contributed by atoms with Crippen LogP contribution >= 0.6 is 0 Å². The zero-order valence-electron chi connectivity index (χ0n) is 25.2. The molecule has 1 amide bonds. The molecule has 0 radical (unpaired) electrons. The number of carbonyl (C=O) groups excluding carboxylic acids is 1. The van der Waals surface area contributed by atoms with E-state index in [1.54, 1.807) is 12.1 Å². The molecule has 2 heterocycles. The van der Waals surface area contributed by atoms with Crippen molar-refractivity contribution in [3.63, 3.8) is 0 Å². The zero-order chi connectivity index (χ0) is 31.1. The fourth-order valence-corrected chi connectivity index (χ4v) is 8.63. The lowest BCUT2D eigenvalue weighted by Gasteiger charge is -2.31. The molecular weight excluding hydrogens is 582 g/mol. The Kier molecular flexibility index (Phi) is 8.74. The summed E-state index contributed by atoms with van der Waals surface area (Å²) in [7, 11) is -3.99. The monoisotopic (exact) mass is 623 g/mol. The van der Waals surface area contributed by atoms with E-state index in [0.717, 1.165) is 30.4 Å². The number of nitriles is 1. The molecule has 2 aliphatic carbocycles. The largest absolute Gasteiger partial charge is 0.445 e. The van der Waals surface area contributed by atoms with E-state index >= 15 is 0 Å². The predicted molar refractivity (Wildman–Crippen MR) is 161 cm³/mol. The van der Waals surface area contributed by atoms with Gasteiger partial charge in [-0.25, -0.2) is 13.2 Å². The summed E-state index contributed by atoms with van der Waals surface area (Å²) >= 11 is 0. The molecule has 6 rings (SSSR count). The first-order valence-corrected chi connectivity index (χ1v) is 17.0. The van der Waals surface area contributed by atoms with Gasteiger partial charge < -0.3 is 24.6 Å². The van der Waals surface area contributed by atoms with Crippen molar-refractivity contribution in [2.75, 3.05) is 26.3 Å². The van der Waals surface area contributed by atoms with Gasteiger partial charge in [-0.3, -0.25) is 0 Å². The van der Waals surface area contributed by atoms with Crippen LogP contribution in [0.1, 0.15) is 44.2 Å². The number of aliphatic hydroxyl groups excluding tert-OH is 1. The van der Waals surface area contributed by atoms with Crippen molar-refractivity contribution in [3.05, 3.63) is 65.7 Å². The number of hydrogen-bond acceptors (Lipinski definition) is 8. The topological polar surface area (TPSA) is 138 Å². The van der Waals surface area contributed by atoms with Crippen LogP contribution in [0.25, 0.3) is 0 Å². The molecule has 44 heavy (non-hydrogen) atoms. The van der Waals surface area contributed by atoms with Crippen molar-refractivity contribution in [1.29, 1.82) is 5.26 Å². The Morgan fingerprint density at radius 1 is 1.09 bits per heavy atom. The first kappa shape index (κ1) is 31.0. The van der Waals surface area contributed by atoms with Crippen molar-refractivity contribution >= 4 is 16.1 Å². The van der Waals surface area contributed by atoms with E-state index in [-0.39, 0.29) is 60.5 Å². The molecule has 2 bridgehead atoms. The molecule has 4 aliphatic rings. The molecule has 10 nitrogen and oxygen atoms in total. The highest BCUT2D eigenvalue weighted by molar-refractivity contribution is 7.89. The summed E-state index contributed by atoms with van der Waals surface area (Å²) in [6.07, 6.45) is 0.274. The number of rotatable bonds is 12. The third-order valence-corrected chi connectivity index (χ3v) is 11.4. The number of amides is 1. The van der Waals surface area contributed by atoms with Gasteiger partial charge in [0.25, 0.3) is 0 Å². The van der Waals surface area contributed by atoms with Crippen LogP contribution in [-0.4, -0.2) is 74.8 Å². The van der Waals surface area contributed by atoms with E-state index < -0.39 is 33.7 Å². The third-order valence-electron chi connectivity index (χ3n) is 9.57. The molecule has 2 aromatic rings. The van der Waals surface area contributed by atoms with Crippen molar-refractivity contribution in [2.24, 2.45) is 23.7 Å². The Bertz CT molecular complexity index is 1470. The second kappa shape index (κ2) is 12.4. The Balaban J connectivity index is 1.19. The standard InChI is InChI=1S/C33H41N3O7S/c1-21(2)16-36(44(39,40)25-10-8-24(9-11-25)33(20-34)12-13-33)17-29(37)28(14-22-6-4-3-5-7-22)35-32(38)43-30-23-15-26-27(30)19-42-31(26)41-18-23/h3-11,21,23,26-31,37H,12-19H2,1-2H3,(H,35,38)/t23?,26?,27?,28-,29+,30?,31?/m0/s1. The maximum atomic E-state index is 13.9. The van der Waals surface area contributed by atoms with Crippen molar-refractivity contribution < 1.29 is 32.5 Å². The van der Waals surface area contributed by atoms with Crippen LogP contribution in [0.3, 0.4) is 0 Å². The van der Waals surface area contributed by atoms with Gasteiger partial charge in [-0.05, 0) is 54.9 Å². The third kappa shape index (κ3) is 6.24. The van der Waals surface area contributed by atoms with E-state index in [4.69, 9.17) is 14.2 Å². The highest BCUT2D eigenvalue weighted by Gasteiger charge is 2.56. The van der Waals surface area contributed by atoms with Gasteiger partial charge in [0.2, 0.25) is 10.0 Å². The molecule has 11 heteroatoms. The number of sulfonamides is 1. The summed E-state index contributed by atoms with van der Waals surface area (Å²) in [5.41, 5.74) is 1.18. The molecule has 0 aromatic heterocycles. The molecule has 5 unspecified atom stereocenters. The van der Waals surface area contributed by atoms with Gasteiger partial charge in [-0.1, -0.05) is 56.3 Å². The van der Waals surface area contributed by atoms with E-state index in [2.05, 4.69) is 11.4 Å². The lowest BCUT2D eigenvalue weighted by Crippen LogP contribution is -2.52. The number of hydrogen-bond donors (Lipinski definition) is 2. The highest BCUT2D eigenvalue weighted by Crippen LogP contribution is 2.49. The van der Waals surface area contributed by atoms with Crippen molar-refractivity contribution in [3.8, 4) is 6.07 Å². The van der Waals surface area contributed by atoms with Gasteiger partial charge in [-0.15, -0.1) is 0 Å². The van der Waals surface area contributed by atoms with E-state index in [9.17, 15) is 23.6 Å². The van der Waals surface area contributed by atoms with E-state index in [0.29, 0.717) is 13.2 Å². The molecule has 2 saturated carbocycles. The summed E-state index contributed by atoms with van der Waals surface area (Å²) in [4.78, 5) is 13.4. The lowest BCUT2D eigenvalue weighted by atomic mass is 9.98. The summed E-state index contributed by atoms with van der Waals surface area (Å²) < 4.78 is 46.5. The number of alkyl carbamates (subject to hydrolysis) is 1. The number of fused-ring (bicyclic) bond motifs is 1. The van der Waals surface area contributed by atoms with Crippen LogP contribution in [0.4, 0.5) is 4.79 Å². The fourth-order valence-electron chi connectivity index (χ4n) is 7.01. The maximum absolute atomic E-state index is 13.9. The second-order valence-corrected chi connectivity index (χ2v) is 15.1.